The molecule has 92 valence electrons. The summed E-state index contributed by atoms with van der Waals surface area (Å²) >= 11 is 5.93. The van der Waals surface area contributed by atoms with E-state index >= 15 is 0 Å². The Morgan fingerprint density at radius 2 is 2.35 bits per heavy atom. The standard InChI is InChI=1S/C13H17ClN2O/c1-2-15-12-6-7-16(13(12)17)9-10-4-3-5-11(14)8-10/h3-5,8,12,15H,2,6-7,9H2,1H3. The fourth-order valence-electron chi connectivity index (χ4n) is 2.19. The van der Waals surface area contributed by atoms with Gasteiger partial charge in [0.25, 0.3) is 0 Å². The van der Waals surface area contributed by atoms with Crippen molar-refractivity contribution in [2.45, 2.75) is 25.9 Å². The quantitative estimate of drug-likeness (QED) is 0.890. The number of halogens is 1. The average Bonchev–Trinajstić information content (AvgIpc) is 2.62. The minimum Gasteiger partial charge on any atom is -0.337 e. The Kier molecular flexibility index (Phi) is 4.02. The molecule has 1 atom stereocenters. The number of carbonyl (C=O) groups is 1. The van der Waals surface area contributed by atoms with Gasteiger partial charge in [-0.25, -0.2) is 0 Å². The van der Waals surface area contributed by atoms with Gasteiger partial charge in [-0.05, 0) is 30.7 Å². The summed E-state index contributed by atoms with van der Waals surface area (Å²) in [5.74, 6) is 0.201. The Morgan fingerprint density at radius 3 is 3.06 bits per heavy atom. The summed E-state index contributed by atoms with van der Waals surface area (Å²) in [4.78, 5) is 13.9. The molecule has 0 saturated carbocycles. The van der Waals surface area contributed by atoms with Crippen LogP contribution in [0, 0.1) is 0 Å². The Bertz CT molecular complexity index is 408. The highest BCUT2D eigenvalue weighted by Crippen LogP contribution is 2.17. The maximum atomic E-state index is 12.0. The lowest BCUT2D eigenvalue weighted by molar-refractivity contribution is -0.129. The third-order valence-electron chi connectivity index (χ3n) is 3.01. The SMILES string of the molecule is CCNC1CCN(Cc2cccc(Cl)c2)C1=O. The van der Waals surface area contributed by atoms with Crippen molar-refractivity contribution in [3.63, 3.8) is 0 Å². The van der Waals surface area contributed by atoms with Gasteiger partial charge in [-0.2, -0.15) is 0 Å². The van der Waals surface area contributed by atoms with Gasteiger partial charge in [-0.15, -0.1) is 0 Å². The highest BCUT2D eigenvalue weighted by molar-refractivity contribution is 6.30. The monoisotopic (exact) mass is 252 g/mol. The first-order chi connectivity index (χ1) is 8.20. The highest BCUT2D eigenvalue weighted by Gasteiger charge is 2.30. The first-order valence-electron chi connectivity index (χ1n) is 5.97. The first-order valence-corrected chi connectivity index (χ1v) is 6.35. The number of amides is 1. The molecule has 1 amide bonds. The van der Waals surface area contributed by atoms with Crippen LogP contribution in [0.25, 0.3) is 0 Å². The zero-order valence-corrected chi connectivity index (χ0v) is 10.7. The molecule has 0 aliphatic carbocycles. The van der Waals surface area contributed by atoms with E-state index in [1.165, 1.54) is 0 Å². The maximum Gasteiger partial charge on any atom is 0.240 e. The zero-order chi connectivity index (χ0) is 12.3. The van der Waals surface area contributed by atoms with Crippen molar-refractivity contribution >= 4 is 17.5 Å². The van der Waals surface area contributed by atoms with E-state index in [1.54, 1.807) is 0 Å². The van der Waals surface area contributed by atoms with E-state index in [9.17, 15) is 4.79 Å². The Balaban J connectivity index is 1.99. The molecule has 0 radical (unpaired) electrons. The molecule has 2 rings (SSSR count). The summed E-state index contributed by atoms with van der Waals surface area (Å²) in [6.45, 7) is 4.33. The zero-order valence-electron chi connectivity index (χ0n) is 9.95. The molecule has 3 nitrogen and oxygen atoms in total. The summed E-state index contributed by atoms with van der Waals surface area (Å²) in [5.41, 5.74) is 1.09. The van der Waals surface area contributed by atoms with Gasteiger partial charge >= 0.3 is 0 Å². The molecule has 0 spiro atoms. The number of hydrogen-bond donors (Lipinski definition) is 1. The van der Waals surface area contributed by atoms with Gasteiger partial charge in [0, 0.05) is 18.1 Å². The summed E-state index contributed by atoms with van der Waals surface area (Å²) in [7, 11) is 0. The number of hydrogen-bond acceptors (Lipinski definition) is 2. The van der Waals surface area contributed by atoms with Crippen molar-refractivity contribution in [1.29, 1.82) is 0 Å². The Hall–Kier alpha value is -1.06. The van der Waals surface area contributed by atoms with Crippen molar-refractivity contribution in [2.24, 2.45) is 0 Å². The van der Waals surface area contributed by atoms with Crippen LogP contribution in [0.4, 0.5) is 0 Å². The number of likely N-dealkylation sites (tertiary alicyclic amines) is 1. The average molecular weight is 253 g/mol. The summed E-state index contributed by atoms with van der Waals surface area (Å²) in [6, 6.07) is 7.67. The molecule has 1 heterocycles. The van der Waals surface area contributed by atoms with Gasteiger partial charge in [0.1, 0.15) is 0 Å². The third kappa shape index (κ3) is 2.99. The number of rotatable bonds is 4. The molecule has 1 aromatic rings. The topological polar surface area (TPSA) is 32.3 Å². The van der Waals surface area contributed by atoms with Gasteiger partial charge in [0.15, 0.2) is 0 Å². The van der Waals surface area contributed by atoms with E-state index < -0.39 is 0 Å². The largest absolute Gasteiger partial charge is 0.337 e. The fourth-order valence-corrected chi connectivity index (χ4v) is 2.40. The second-order valence-corrected chi connectivity index (χ2v) is 4.73. The number of carbonyl (C=O) groups excluding carboxylic acids is 1. The van der Waals surface area contributed by atoms with Crippen LogP contribution in [0.1, 0.15) is 18.9 Å². The Labute approximate surface area is 107 Å². The van der Waals surface area contributed by atoms with Crippen molar-refractivity contribution in [3.05, 3.63) is 34.9 Å². The molecular weight excluding hydrogens is 236 g/mol. The molecule has 17 heavy (non-hydrogen) atoms. The molecule has 0 aromatic heterocycles. The van der Waals surface area contributed by atoms with Gasteiger partial charge in [-0.1, -0.05) is 30.7 Å². The smallest absolute Gasteiger partial charge is 0.240 e. The second-order valence-electron chi connectivity index (χ2n) is 4.29. The van der Waals surface area contributed by atoms with E-state index in [-0.39, 0.29) is 11.9 Å². The molecule has 1 saturated heterocycles. The van der Waals surface area contributed by atoms with Crippen molar-refractivity contribution < 1.29 is 4.79 Å². The molecule has 1 N–H and O–H groups in total. The predicted molar refractivity (Wildman–Crippen MR) is 69.0 cm³/mol. The van der Waals surface area contributed by atoms with E-state index in [2.05, 4.69) is 5.32 Å². The fraction of sp³-hybridized carbons (Fsp3) is 0.462. The van der Waals surface area contributed by atoms with Crippen LogP contribution >= 0.6 is 11.6 Å². The third-order valence-corrected chi connectivity index (χ3v) is 3.25. The Morgan fingerprint density at radius 1 is 1.53 bits per heavy atom. The van der Waals surface area contributed by atoms with Crippen LogP contribution in [-0.2, 0) is 11.3 Å². The van der Waals surface area contributed by atoms with E-state index in [0.29, 0.717) is 6.54 Å². The van der Waals surface area contributed by atoms with Crippen molar-refractivity contribution in [2.75, 3.05) is 13.1 Å². The van der Waals surface area contributed by atoms with Crippen LogP contribution in [0.2, 0.25) is 5.02 Å². The molecule has 0 bridgehead atoms. The van der Waals surface area contributed by atoms with Gasteiger partial charge in [-0.3, -0.25) is 4.79 Å². The number of benzene rings is 1. The molecule has 1 aliphatic rings. The van der Waals surface area contributed by atoms with Crippen LogP contribution in [0.3, 0.4) is 0 Å². The summed E-state index contributed by atoms with van der Waals surface area (Å²) in [5, 5.41) is 3.92. The van der Waals surface area contributed by atoms with Crippen LogP contribution in [0.5, 0.6) is 0 Å². The van der Waals surface area contributed by atoms with Crippen molar-refractivity contribution in [1.82, 2.24) is 10.2 Å². The molecule has 1 fully saturated rings. The summed E-state index contributed by atoms with van der Waals surface area (Å²) < 4.78 is 0. The molecule has 1 aliphatic heterocycles. The highest BCUT2D eigenvalue weighted by atomic mass is 35.5. The number of likely N-dealkylation sites (N-methyl/N-ethyl adjacent to an activating group) is 1. The van der Waals surface area contributed by atoms with Crippen LogP contribution in [0.15, 0.2) is 24.3 Å². The summed E-state index contributed by atoms with van der Waals surface area (Å²) in [6.07, 6.45) is 0.896. The predicted octanol–water partition coefficient (Wildman–Crippen LogP) is 2.05. The van der Waals surface area contributed by atoms with Crippen molar-refractivity contribution in [3.8, 4) is 0 Å². The second kappa shape index (κ2) is 5.52. The van der Waals surface area contributed by atoms with Gasteiger partial charge in [0.2, 0.25) is 5.91 Å². The molecule has 1 unspecified atom stereocenters. The molecule has 1 aromatic carbocycles. The number of nitrogens with zero attached hydrogens (tertiary/aromatic N) is 1. The van der Waals surface area contributed by atoms with Gasteiger partial charge < -0.3 is 10.2 Å². The number of nitrogens with one attached hydrogen (secondary N) is 1. The van der Waals surface area contributed by atoms with E-state index in [4.69, 9.17) is 11.6 Å². The molecule has 4 heteroatoms. The van der Waals surface area contributed by atoms with Crippen LogP contribution < -0.4 is 5.32 Å². The normalized spacial score (nSPS) is 20.0. The minimum atomic E-state index is -0.000755. The van der Waals surface area contributed by atoms with Gasteiger partial charge in [0.05, 0.1) is 6.04 Å². The van der Waals surface area contributed by atoms with E-state index in [1.807, 2.05) is 36.1 Å². The lowest BCUT2D eigenvalue weighted by Gasteiger charge is -2.17. The maximum absolute atomic E-state index is 12.0. The first kappa shape index (κ1) is 12.4. The molecular formula is C13H17ClN2O. The van der Waals surface area contributed by atoms with E-state index in [0.717, 1.165) is 30.1 Å². The lowest BCUT2D eigenvalue weighted by Crippen LogP contribution is -2.37. The minimum absolute atomic E-state index is 0.000755. The lowest BCUT2D eigenvalue weighted by atomic mass is 10.2. The van der Waals surface area contributed by atoms with Crippen LogP contribution in [-0.4, -0.2) is 29.9 Å².